The van der Waals surface area contributed by atoms with E-state index in [1.165, 1.54) is 12.1 Å². The fourth-order valence-electron chi connectivity index (χ4n) is 2.04. The smallest absolute Gasteiger partial charge is 0.309 e. The van der Waals surface area contributed by atoms with Gasteiger partial charge in [-0.2, -0.15) is 0 Å². The maximum absolute atomic E-state index is 12.8. The predicted octanol–water partition coefficient (Wildman–Crippen LogP) is 3.52. The zero-order valence-corrected chi connectivity index (χ0v) is 10.9. The number of esters is 1. The molecule has 2 atom stereocenters. The van der Waals surface area contributed by atoms with Crippen LogP contribution < -0.4 is 0 Å². The first-order chi connectivity index (χ1) is 8.58. The first-order valence-corrected chi connectivity index (χ1v) is 6.50. The minimum absolute atomic E-state index is 0.0253. The molecule has 0 amide bonds. The highest BCUT2D eigenvalue weighted by molar-refractivity contribution is 5.77. The predicted molar refractivity (Wildman–Crippen MR) is 67.7 cm³/mol. The van der Waals surface area contributed by atoms with Crippen molar-refractivity contribution in [1.29, 1.82) is 0 Å². The van der Waals surface area contributed by atoms with Gasteiger partial charge in [0.25, 0.3) is 0 Å². The second-order valence-corrected chi connectivity index (χ2v) is 5.35. The van der Waals surface area contributed by atoms with Crippen molar-refractivity contribution in [1.82, 2.24) is 0 Å². The van der Waals surface area contributed by atoms with E-state index in [1.807, 2.05) is 0 Å². The summed E-state index contributed by atoms with van der Waals surface area (Å²) in [5.74, 6) is 0.394. The summed E-state index contributed by atoms with van der Waals surface area (Å²) in [4.78, 5) is 11.7. The molecule has 0 aromatic heterocycles. The molecule has 1 aromatic rings. The summed E-state index contributed by atoms with van der Waals surface area (Å²) >= 11 is 0. The molecule has 0 saturated heterocycles. The van der Waals surface area contributed by atoms with Crippen molar-refractivity contribution in [3.63, 3.8) is 0 Å². The molecular weight excluding hydrogens is 231 g/mol. The number of carbonyl (C=O) groups is 1. The van der Waals surface area contributed by atoms with E-state index in [0.717, 1.165) is 18.4 Å². The number of hydrogen-bond acceptors (Lipinski definition) is 2. The lowest BCUT2D eigenvalue weighted by Crippen LogP contribution is -2.10. The Hall–Kier alpha value is -1.38. The average molecular weight is 250 g/mol. The van der Waals surface area contributed by atoms with Crippen molar-refractivity contribution < 1.29 is 13.9 Å². The van der Waals surface area contributed by atoms with Crippen molar-refractivity contribution in [3.05, 3.63) is 35.6 Å². The second-order valence-electron chi connectivity index (χ2n) is 5.35. The van der Waals surface area contributed by atoms with Crippen LogP contribution in [0, 0.1) is 17.7 Å². The normalized spacial score (nSPS) is 22.0. The summed E-state index contributed by atoms with van der Waals surface area (Å²) in [6, 6.07) is 6.38. The van der Waals surface area contributed by atoms with E-state index < -0.39 is 0 Å². The third kappa shape index (κ3) is 3.31. The van der Waals surface area contributed by atoms with E-state index in [0.29, 0.717) is 12.5 Å². The number of ether oxygens (including phenoxy) is 1. The van der Waals surface area contributed by atoms with Crippen molar-refractivity contribution in [2.24, 2.45) is 11.8 Å². The molecule has 2 rings (SSSR count). The highest BCUT2D eigenvalue weighted by Crippen LogP contribution is 2.48. The van der Waals surface area contributed by atoms with Crippen molar-refractivity contribution in [2.75, 3.05) is 6.61 Å². The Morgan fingerprint density at radius 1 is 1.39 bits per heavy atom. The summed E-state index contributed by atoms with van der Waals surface area (Å²) in [5.41, 5.74) is 1.03. The number of carbonyl (C=O) groups excluding carboxylic acids is 1. The quantitative estimate of drug-likeness (QED) is 0.747. The molecule has 0 aliphatic heterocycles. The summed E-state index contributed by atoms with van der Waals surface area (Å²) in [6.45, 7) is 4.71. The monoisotopic (exact) mass is 250 g/mol. The number of halogens is 1. The lowest BCUT2D eigenvalue weighted by molar-refractivity contribution is -0.145. The van der Waals surface area contributed by atoms with Gasteiger partial charge in [-0.1, -0.05) is 26.0 Å². The van der Waals surface area contributed by atoms with Gasteiger partial charge >= 0.3 is 5.97 Å². The van der Waals surface area contributed by atoms with Crippen LogP contribution in [0.15, 0.2) is 24.3 Å². The van der Waals surface area contributed by atoms with Crippen LogP contribution in [0.4, 0.5) is 4.39 Å². The van der Waals surface area contributed by atoms with Crippen LogP contribution in [-0.4, -0.2) is 12.6 Å². The topological polar surface area (TPSA) is 26.3 Å². The maximum Gasteiger partial charge on any atom is 0.309 e. The van der Waals surface area contributed by atoms with E-state index in [9.17, 15) is 9.18 Å². The summed E-state index contributed by atoms with van der Waals surface area (Å²) in [5, 5.41) is 0. The lowest BCUT2D eigenvalue weighted by Gasteiger charge is -2.06. The van der Waals surface area contributed by atoms with Crippen LogP contribution in [0.1, 0.15) is 38.2 Å². The molecule has 0 bridgehead atoms. The van der Waals surface area contributed by atoms with Crippen LogP contribution in [0.2, 0.25) is 0 Å². The molecule has 0 spiro atoms. The van der Waals surface area contributed by atoms with Crippen LogP contribution in [0.5, 0.6) is 0 Å². The molecule has 1 fully saturated rings. The first-order valence-electron chi connectivity index (χ1n) is 6.50. The summed E-state index contributed by atoms with van der Waals surface area (Å²) < 4.78 is 18.0. The van der Waals surface area contributed by atoms with Gasteiger partial charge in [-0.05, 0) is 42.4 Å². The molecule has 0 radical (unpaired) electrons. The van der Waals surface area contributed by atoms with E-state index in [4.69, 9.17) is 4.74 Å². The molecule has 3 heteroatoms. The van der Waals surface area contributed by atoms with Gasteiger partial charge in [-0.3, -0.25) is 4.79 Å². The number of hydrogen-bond donors (Lipinski definition) is 0. The SMILES string of the molecule is CC(C)CCOC(=O)C1CC1c1ccc(F)cc1. The zero-order chi connectivity index (χ0) is 13.1. The zero-order valence-electron chi connectivity index (χ0n) is 10.9. The van der Waals surface area contributed by atoms with Gasteiger partial charge in [0.1, 0.15) is 5.82 Å². The summed E-state index contributed by atoms with van der Waals surface area (Å²) in [6.07, 6.45) is 1.73. The molecule has 18 heavy (non-hydrogen) atoms. The van der Waals surface area contributed by atoms with E-state index in [-0.39, 0.29) is 23.6 Å². The van der Waals surface area contributed by atoms with Gasteiger partial charge in [-0.15, -0.1) is 0 Å². The van der Waals surface area contributed by atoms with Gasteiger partial charge in [-0.25, -0.2) is 4.39 Å². The molecule has 0 N–H and O–H groups in total. The fraction of sp³-hybridized carbons (Fsp3) is 0.533. The number of rotatable bonds is 5. The fourth-order valence-corrected chi connectivity index (χ4v) is 2.04. The highest BCUT2D eigenvalue weighted by Gasteiger charge is 2.45. The molecule has 0 heterocycles. The highest BCUT2D eigenvalue weighted by atomic mass is 19.1. The molecule has 1 aliphatic rings. The van der Waals surface area contributed by atoms with Crippen LogP contribution in [0.25, 0.3) is 0 Å². The molecule has 98 valence electrons. The minimum Gasteiger partial charge on any atom is -0.465 e. The van der Waals surface area contributed by atoms with Crippen LogP contribution in [0.3, 0.4) is 0 Å². The Morgan fingerprint density at radius 3 is 2.67 bits per heavy atom. The van der Waals surface area contributed by atoms with Crippen molar-refractivity contribution >= 4 is 5.97 Å². The Labute approximate surface area is 107 Å². The van der Waals surface area contributed by atoms with Crippen molar-refractivity contribution in [2.45, 2.75) is 32.6 Å². The first kappa shape index (κ1) is 13.1. The Kier molecular flexibility index (Phi) is 4.00. The average Bonchev–Trinajstić information content (AvgIpc) is 3.09. The van der Waals surface area contributed by atoms with E-state index >= 15 is 0 Å². The van der Waals surface area contributed by atoms with Gasteiger partial charge in [0, 0.05) is 0 Å². The number of benzene rings is 1. The van der Waals surface area contributed by atoms with Gasteiger partial charge < -0.3 is 4.74 Å². The largest absolute Gasteiger partial charge is 0.465 e. The van der Waals surface area contributed by atoms with E-state index in [2.05, 4.69) is 13.8 Å². The summed E-state index contributed by atoms with van der Waals surface area (Å²) in [7, 11) is 0. The lowest BCUT2D eigenvalue weighted by atomic mass is 10.1. The maximum atomic E-state index is 12.8. The Morgan fingerprint density at radius 2 is 2.06 bits per heavy atom. The van der Waals surface area contributed by atoms with E-state index in [1.54, 1.807) is 12.1 Å². The van der Waals surface area contributed by atoms with Gasteiger partial charge in [0.2, 0.25) is 0 Å². The molecule has 1 aromatic carbocycles. The second kappa shape index (κ2) is 5.51. The minimum atomic E-state index is -0.240. The molecule has 1 aliphatic carbocycles. The Balaban J connectivity index is 1.80. The molecule has 1 saturated carbocycles. The standard InChI is InChI=1S/C15H19FO2/c1-10(2)7-8-18-15(17)14-9-13(14)11-3-5-12(16)6-4-11/h3-6,10,13-14H,7-9H2,1-2H3. The Bertz CT molecular complexity index is 411. The van der Waals surface area contributed by atoms with Crippen molar-refractivity contribution in [3.8, 4) is 0 Å². The van der Waals surface area contributed by atoms with Gasteiger partial charge in [0.05, 0.1) is 12.5 Å². The van der Waals surface area contributed by atoms with Crippen LogP contribution >= 0.6 is 0 Å². The molecule has 2 unspecified atom stereocenters. The third-order valence-corrected chi connectivity index (χ3v) is 3.33. The van der Waals surface area contributed by atoms with Crippen LogP contribution in [-0.2, 0) is 9.53 Å². The third-order valence-electron chi connectivity index (χ3n) is 3.33. The molecule has 2 nitrogen and oxygen atoms in total. The molecular formula is C15H19FO2. The van der Waals surface area contributed by atoms with Gasteiger partial charge in [0.15, 0.2) is 0 Å².